The Labute approximate surface area is 89.0 Å². The zero-order valence-corrected chi connectivity index (χ0v) is 8.42. The van der Waals surface area contributed by atoms with E-state index >= 15 is 0 Å². The van der Waals surface area contributed by atoms with Crippen molar-refractivity contribution in [3.8, 4) is 0 Å². The number of hydrogen-bond donors (Lipinski definition) is 0. The first-order valence-electron chi connectivity index (χ1n) is 3.49. The fourth-order valence-electron chi connectivity index (χ4n) is 0.849. The molecular formula is C8H2BrF5O. The largest absolute Gasteiger partial charge is 0.454 e. The summed E-state index contributed by atoms with van der Waals surface area (Å²) in [4.78, 5) is 10.7. The molecule has 7 heteroatoms. The molecule has 0 fully saturated rings. The lowest BCUT2D eigenvalue weighted by Crippen LogP contribution is -2.23. The highest BCUT2D eigenvalue weighted by atomic mass is 79.9. The van der Waals surface area contributed by atoms with Crippen molar-refractivity contribution in [2.24, 2.45) is 0 Å². The minimum Gasteiger partial charge on any atom is -0.284 e. The molecule has 0 saturated carbocycles. The highest BCUT2D eigenvalue weighted by molar-refractivity contribution is 9.10. The van der Waals surface area contributed by atoms with E-state index in [1.165, 1.54) is 0 Å². The number of rotatable bonds is 1. The van der Waals surface area contributed by atoms with Crippen molar-refractivity contribution in [1.82, 2.24) is 0 Å². The number of alkyl halides is 3. The van der Waals surface area contributed by atoms with Crippen LogP contribution in [0.3, 0.4) is 0 Å². The summed E-state index contributed by atoms with van der Waals surface area (Å²) in [5, 5.41) is 0. The Morgan fingerprint density at radius 1 is 1.13 bits per heavy atom. The van der Waals surface area contributed by atoms with Crippen LogP contribution in [-0.2, 0) is 0 Å². The van der Waals surface area contributed by atoms with E-state index in [2.05, 4.69) is 15.9 Å². The second-order valence-electron chi connectivity index (χ2n) is 2.57. The summed E-state index contributed by atoms with van der Waals surface area (Å²) in [6, 6.07) is 0.670. The molecule has 0 aromatic heterocycles. The van der Waals surface area contributed by atoms with Crippen LogP contribution in [0.5, 0.6) is 0 Å². The SMILES string of the molecule is O=C(c1cc(F)c(F)cc1Br)C(F)(F)F. The van der Waals surface area contributed by atoms with E-state index in [0.717, 1.165) is 0 Å². The van der Waals surface area contributed by atoms with Gasteiger partial charge in [0.2, 0.25) is 0 Å². The first kappa shape index (κ1) is 12.1. The first-order chi connectivity index (χ1) is 6.73. The van der Waals surface area contributed by atoms with Crippen LogP contribution in [0.1, 0.15) is 10.4 Å². The third-order valence-corrected chi connectivity index (χ3v) is 2.17. The minimum absolute atomic E-state index is 0.204. The van der Waals surface area contributed by atoms with Crippen LogP contribution < -0.4 is 0 Å². The Morgan fingerprint density at radius 3 is 2.07 bits per heavy atom. The van der Waals surface area contributed by atoms with Crippen LogP contribution in [0.2, 0.25) is 0 Å². The molecule has 0 amide bonds. The fourth-order valence-corrected chi connectivity index (χ4v) is 1.34. The van der Waals surface area contributed by atoms with Crippen LogP contribution >= 0.6 is 15.9 Å². The van der Waals surface area contributed by atoms with E-state index in [-0.39, 0.29) is 6.07 Å². The first-order valence-corrected chi connectivity index (χ1v) is 4.29. The molecule has 1 aromatic rings. The van der Waals surface area contributed by atoms with Crippen molar-refractivity contribution in [1.29, 1.82) is 0 Å². The van der Waals surface area contributed by atoms with E-state index in [9.17, 15) is 26.7 Å². The molecule has 82 valence electrons. The molecule has 15 heavy (non-hydrogen) atoms. The summed E-state index contributed by atoms with van der Waals surface area (Å²) < 4.78 is 60.6. The maximum atomic E-state index is 12.6. The summed E-state index contributed by atoms with van der Waals surface area (Å²) in [7, 11) is 0. The fraction of sp³-hybridized carbons (Fsp3) is 0.125. The molecular weight excluding hydrogens is 287 g/mol. The van der Waals surface area contributed by atoms with Crippen LogP contribution in [0.4, 0.5) is 22.0 Å². The van der Waals surface area contributed by atoms with E-state index in [1.54, 1.807) is 0 Å². The highest BCUT2D eigenvalue weighted by Gasteiger charge is 2.40. The Morgan fingerprint density at radius 2 is 1.60 bits per heavy atom. The van der Waals surface area contributed by atoms with Crippen LogP contribution in [0.25, 0.3) is 0 Å². The van der Waals surface area contributed by atoms with Gasteiger partial charge in [-0.05, 0) is 28.1 Å². The monoisotopic (exact) mass is 288 g/mol. The smallest absolute Gasteiger partial charge is 0.284 e. The van der Waals surface area contributed by atoms with E-state index in [1.807, 2.05) is 0 Å². The molecule has 0 aliphatic carbocycles. The van der Waals surface area contributed by atoms with Gasteiger partial charge in [0.15, 0.2) is 11.6 Å². The van der Waals surface area contributed by atoms with Crippen LogP contribution in [0, 0.1) is 11.6 Å². The number of ketones is 1. The van der Waals surface area contributed by atoms with Crippen molar-refractivity contribution in [3.05, 3.63) is 33.8 Å². The molecule has 1 aromatic carbocycles. The second-order valence-corrected chi connectivity index (χ2v) is 3.43. The molecule has 0 atom stereocenters. The standard InChI is InChI=1S/C8H2BrF5O/c9-4-2-6(11)5(10)1-3(4)7(15)8(12,13)14/h1-2H. The molecule has 0 aliphatic rings. The minimum atomic E-state index is -5.12. The van der Waals surface area contributed by atoms with Gasteiger partial charge in [0.05, 0.1) is 0 Å². The van der Waals surface area contributed by atoms with Crippen molar-refractivity contribution >= 4 is 21.7 Å². The molecule has 0 heterocycles. The van der Waals surface area contributed by atoms with Crippen molar-refractivity contribution < 1.29 is 26.7 Å². The van der Waals surface area contributed by atoms with Gasteiger partial charge in [-0.2, -0.15) is 13.2 Å². The maximum absolute atomic E-state index is 12.6. The number of carbonyl (C=O) groups excluding carboxylic acids is 1. The second kappa shape index (κ2) is 3.88. The average Bonchev–Trinajstić information content (AvgIpc) is 2.08. The van der Waals surface area contributed by atoms with Crippen molar-refractivity contribution in [3.63, 3.8) is 0 Å². The number of halogens is 6. The summed E-state index contributed by atoms with van der Waals surface area (Å²) in [6.07, 6.45) is -5.12. The van der Waals surface area contributed by atoms with E-state index in [4.69, 9.17) is 0 Å². The molecule has 0 spiro atoms. The molecule has 0 saturated heterocycles. The Kier molecular flexibility index (Phi) is 3.13. The topological polar surface area (TPSA) is 17.1 Å². The quantitative estimate of drug-likeness (QED) is 0.439. The molecule has 0 unspecified atom stereocenters. The Bertz CT molecular complexity index is 412. The number of carbonyl (C=O) groups is 1. The predicted molar refractivity (Wildman–Crippen MR) is 44.4 cm³/mol. The Balaban J connectivity index is 3.28. The van der Waals surface area contributed by atoms with Gasteiger partial charge in [-0.1, -0.05) is 0 Å². The number of benzene rings is 1. The number of Topliss-reactive ketones (excluding diaryl/α,β-unsaturated/α-hetero) is 1. The van der Waals surface area contributed by atoms with Gasteiger partial charge in [0.1, 0.15) is 0 Å². The Hall–Kier alpha value is -0.980. The molecule has 0 N–H and O–H groups in total. The maximum Gasteiger partial charge on any atom is 0.454 e. The van der Waals surface area contributed by atoms with Gasteiger partial charge in [-0.25, -0.2) is 8.78 Å². The van der Waals surface area contributed by atoms with Crippen molar-refractivity contribution in [2.45, 2.75) is 6.18 Å². The van der Waals surface area contributed by atoms with Gasteiger partial charge >= 0.3 is 6.18 Å². The van der Waals surface area contributed by atoms with Gasteiger partial charge in [-0.15, -0.1) is 0 Å². The van der Waals surface area contributed by atoms with E-state index < -0.39 is 33.6 Å². The highest BCUT2D eigenvalue weighted by Crippen LogP contribution is 2.28. The lowest BCUT2D eigenvalue weighted by Gasteiger charge is -2.07. The lowest BCUT2D eigenvalue weighted by molar-refractivity contribution is -0.0885. The summed E-state index contributed by atoms with van der Waals surface area (Å²) in [5.74, 6) is -5.07. The van der Waals surface area contributed by atoms with Gasteiger partial charge in [0.25, 0.3) is 5.78 Å². The summed E-state index contributed by atoms with van der Waals surface area (Å²) >= 11 is 2.55. The van der Waals surface area contributed by atoms with Crippen LogP contribution in [0.15, 0.2) is 16.6 Å². The third kappa shape index (κ3) is 2.53. The normalized spacial score (nSPS) is 11.6. The molecule has 0 bridgehead atoms. The van der Waals surface area contributed by atoms with E-state index in [0.29, 0.717) is 6.07 Å². The molecule has 0 radical (unpaired) electrons. The van der Waals surface area contributed by atoms with Gasteiger partial charge in [-0.3, -0.25) is 4.79 Å². The number of hydrogen-bond acceptors (Lipinski definition) is 1. The average molecular weight is 289 g/mol. The molecule has 1 nitrogen and oxygen atoms in total. The lowest BCUT2D eigenvalue weighted by atomic mass is 10.1. The van der Waals surface area contributed by atoms with Crippen molar-refractivity contribution in [2.75, 3.05) is 0 Å². The zero-order chi connectivity index (χ0) is 11.8. The third-order valence-electron chi connectivity index (χ3n) is 1.51. The summed E-state index contributed by atoms with van der Waals surface area (Å²) in [6.45, 7) is 0. The summed E-state index contributed by atoms with van der Waals surface area (Å²) in [5.41, 5.74) is -0.957. The zero-order valence-electron chi connectivity index (χ0n) is 6.83. The molecule has 1 rings (SSSR count). The van der Waals surface area contributed by atoms with Crippen LogP contribution in [-0.4, -0.2) is 12.0 Å². The van der Waals surface area contributed by atoms with Gasteiger partial charge in [0, 0.05) is 10.0 Å². The molecule has 0 aliphatic heterocycles. The predicted octanol–water partition coefficient (Wildman–Crippen LogP) is 3.47. The van der Waals surface area contributed by atoms with Gasteiger partial charge < -0.3 is 0 Å².